The van der Waals surface area contributed by atoms with Gasteiger partial charge in [0, 0.05) is 12.4 Å². The van der Waals surface area contributed by atoms with Crippen molar-refractivity contribution in [3.63, 3.8) is 0 Å². The molecule has 0 spiro atoms. The smallest absolute Gasteiger partial charge is 0.341 e. The minimum absolute atomic E-state index is 0.341. The summed E-state index contributed by atoms with van der Waals surface area (Å²) in [5.74, 6) is 0.294. The number of esters is 1. The van der Waals surface area contributed by atoms with Gasteiger partial charge < -0.3 is 14.5 Å². The van der Waals surface area contributed by atoms with Crippen LogP contribution < -0.4 is 5.32 Å². The fourth-order valence-corrected chi connectivity index (χ4v) is 2.83. The van der Waals surface area contributed by atoms with Gasteiger partial charge in [-0.05, 0) is 50.4 Å². The number of rotatable bonds is 3. The molecule has 0 radical (unpaired) electrons. The molecule has 0 amide bonds. The summed E-state index contributed by atoms with van der Waals surface area (Å²) in [7, 11) is 1.39. The van der Waals surface area contributed by atoms with Gasteiger partial charge in [0.25, 0.3) is 0 Å². The first-order valence-corrected chi connectivity index (χ1v) is 7.03. The van der Waals surface area contributed by atoms with Crippen molar-refractivity contribution >= 4 is 11.6 Å². The topological polar surface area (TPSA) is 55.6 Å². The Labute approximate surface area is 118 Å². The fraction of sp³-hybridized carbons (Fsp3) is 0.467. The molecule has 0 bridgehead atoms. The van der Waals surface area contributed by atoms with Crippen LogP contribution in [-0.2, 0) is 11.2 Å². The summed E-state index contributed by atoms with van der Waals surface area (Å²) in [6.07, 6.45) is 7.35. The van der Waals surface area contributed by atoms with E-state index in [9.17, 15) is 4.79 Å². The molecule has 1 saturated heterocycles. The molecule has 1 atom stereocenters. The van der Waals surface area contributed by atoms with Crippen LogP contribution >= 0.6 is 0 Å². The Balaban J connectivity index is 1.88. The number of nitrogens with zero attached hydrogens (tertiary/aromatic N) is 2. The number of fused-ring (bicyclic) bond motifs is 1. The molecule has 3 rings (SSSR count). The maximum atomic E-state index is 11.7. The number of nitrogens with one attached hydrogen (secondary N) is 1. The second kappa shape index (κ2) is 5.63. The number of aromatic nitrogens is 2. The van der Waals surface area contributed by atoms with Gasteiger partial charge in [0.1, 0.15) is 5.56 Å². The van der Waals surface area contributed by atoms with Crippen LogP contribution in [0.15, 0.2) is 24.5 Å². The molecule has 0 aliphatic carbocycles. The number of carbonyl (C=O) groups excluding carboxylic acids is 1. The van der Waals surface area contributed by atoms with Crippen LogP contribution in [0, 0.1) is 5.92 Å². The van der Waals surface area contributed by atoms with Crippen LogP contribution in [-0.4, -0.2) is 35.6 Å². The van der Waals surface area contributed by atoms with Crippen molar-refractivity contribution in [3.05, 3.63) is 35.8 Å². The zero-order valence-corrected chi connectivity index (χ0v) is 11.6. The standard InChI is InChI=1S/C15H19N3O2/c1-20-15(19)13-5-3-7-18-10-12(17-14(13)18)8-11-4-2-6-16-9-11/h3,5,7,10-11,16H,2,4,6,8-9H2,1H3. The second-order valence-corrected chi connectivity index (χ2v) is 5.29. The van der Waals surface area contributed by atoms with Gasteiger partial charge in [-0.25, -0.2) is 9.78 Å². The molecular weight excluding hydrogens is 254 g/mol. The van der Waals surface area contributed by atoms with Crippen LogP contribution in [0.3, 0.4) is 0 Å². The molecule has 5 heteroatoms. The highest BCUT2D eigenvalue weighted by Crippen LogP contribution is 2.18. The molecule has 3 heterocycles. The average Bonchev–Trinajstić information content (AvgIpc) is 2.89. The van der Waals surface area contributed by atoms with Crippen molar-refractivity contribution in [2.75, 3.05) is 20.2 Å². The van der Waals surface area contributed by atoms with Crippen LogP contribution in [0.1, 0.15) is 28.9 Å². The molecular formula is C15H19N3O2. The summed E-state index contributed by atoms with van der Waals surface area (Å²) in [5, 5.41) is 3.42. The van der Waals surface area contributed by atoms with Crippen LogP contribution in [0.25, 0.3) is 5.65 Å². The minimum atomic E-state index is -0.341. The normalized spacial score (nSPS) is 19.1. The summed E-state index contributed by atoms with van der Waals surface area (Å²) in [6.45, 7) is 2.17. The van der Waals surface area contributed by atoms with E-state index in [1.165, 1.54) is 20.0 Å². The number of imidazole rings is 1. The molecule has 1 unspecified atom stereocenters. The van der Waals surface area contributed by atoms with E-state index < -0.39 is 0 Å². The predicted octanol–water partition coefficient (Wildman–Crippen LogP) is 1.66. The lowest BCUT2D eigenvalue weighted by atomic mass is 9.95. The van der Waals surface area contributed by atoms with E-state index >= 15 is 0 Å². The zero-order valence-electron chi connectivity index (χ0n) is 11.6. The Morgan fingerprint density at radius 2 is 2.50 bits per heavy atom. The summed E-state index contributed by atoms with van der Waals surface area (Å²) in [4.78, 5) is 16.4. The van der Waals surface area contributed by atoms with Gasteiger partial charge in [-0.3, -0.25) is 0 Å². The molecule has 1 fully saturated rings. The number of methoxy groups -OCH3 is 1. The lowest BCUT2D eigenvalue weighted by Crippen LogP contribution is -2.30. The van der Waals surface area contributed by atoms with Gasteiger partial charge in [-0.1, -0.05) is 0 Å². The largest absolute Gasteiger partial charge is 0.465 e. The fourth-order valence-electron chi connectivity index (χ4n) is 2.83. The number of piperidine rings is 1. The van der Waals surface area contributed by atoms with Crippen molar-refractivity contribution < 1.29 is 9.53 Å². The quantitative estimate of drug-likeness (QED) is 0.864. The Morgan fingerprint density at radius 1 is 1.60 bits per heavy atom. The maximum absolute atomic E-state index is 11.7. The van der Waals surface area contributed by atoms with Gasteiger partial charge in [0.05, 0.1) is 12.8 Å². The third-order valence-corrected chi connectivity index (χ3v) is 3.83. The van der Waals surface area contributed by atoms with E-state index in [1.807, 2.05) is 22.9 Å². The summed E-state index contributed by atoms with van der Waals surface area (Å²) in [6, 6.07) is 3.59. The third kappa shape index (κ3) is 2.54. The van der Waals surface area contributed by atoms with E-state index in [1.54, 1.807) is 6.07 Å². The van der Waals surface area contributed by atoms with E-state index in [0.717, 1.165) is 25.2 Å². The van der Waals surface area contributed by atoms with Crippen LogP contribution in [0.4, 0.5) is 0 Å². The SMILES string of the molecule is COC(=O)c1cccn2cc(CC3CCCNC3)nc12. The number of carbonyl (C=O) groups is 1. The van der Waals surface area contributed by atoms with Crippen molar-refractivity contribution in [1.29, 1.82) is 0 Å². The van der Waals surface area contributed by atoms with Crippen LogP contribution in [0.5, 0.6) is 0 Å². The van der Waals surface area contributed by atoms with Gasteiger partial charge in [-0.15, -0.1) is 0 Å². The zero-order chi connectivity index (χ0) is 13.9. The minimum Gasteiger partial charge on any atom is -0.465 e. The molecule has 106 valence electrons. The van der Waals surface area contributed by atoms with Gasteiger partial charge in [-0.2, -0.15) is 0 Å². The molecule has 20 heavy (non-hydrogen) atoms. The number of ether oxygens (including phenoxy) is 1. The highest BCUT2D eigenvalue weighted by Gasteiger charge is 2.17. The van der Waals surface area contributed by atoms with Gasteiger partial charge in [0.15, 0.2) is 5.65 Å². The first-order chi connectivity index (χ1) is 9.78. The highest BCUT2D eigenvalue weighted by atomic mass is 16.5. The second-order valence-electron chi connectivity index (χ2n) is 5.29. The first kappa shape index (κ1) is 13.1. The number of hydrogen-bond donors (Lipinski definition) is 1. The molecule has 0 saturated carbocycles. The van der Waals surface area contributed by atoms with E-state index in [-0.39, 0.29) is 5.97 Å². The molecule has 0 aromatic carbocycles. The van der Waals surface area contributed by atoms with E-state index in [2.05, 4.69) is 10.3 Å². The first-order valence-electron chi connectivity index (χ1n) is 7.03. The molecule has 1 N–H and O–H groups in total. The maximum Gasteiger partial charge on any atom is 0.341 e. The number of hydrogen-bond acceptors (Lipinski definition) is 4. The Hall–Kier alpha value is -1.88. The summed E-state index contributed by atoms with van der Waals surface area (Å²) < 4.78 is 6.70. The van der Waals surface area contributed by atoms with Crippen molar-refractivity contribution in [1.82, 2.24) is 14.7 Å². The molecule has 2 aromatic rings. The molecule has 1 aliphatic rings. The predicted molar refractivity (Wildman–Crippen MR) is 75.8 cm³/mol. The molecule has 5 nitrogen and oxygen atoms in total. The van der Waals surface area contributed by atoms with E-state index in [0.29, 0.717) is 17.1 Å². The summed E-state index contributed by atoms with van der Waals surface area (Å²) in [5.41, 5.74) is 2.23. The lowest BCUT2D eigenvalue weighted by Gasteiger charge is -2.21. The lowest BCUT2D eigenvalue weighted by molar-refractivity contribution is 0.0602. The monoisotopic (exact) mass is 273 g/mol. The summed E-state index contributed by atoms with van der Waals surface area (Å²) >= 11 is 0. The number of pyridine rings is 1. The third-order valence-electron chi connectivity index (χ3n) is 3.83. The van der Waals surface area contributed by atoms with Crippen molar-refractivity contribution in [3.8, 4) is 0 Å². The Bertz CT molecular complexity index is 615. The molecule has 1 aliphatic heterocycles. The van der Waals surface area contributed by atoms with Crippen molar-refractivity contribution in [2.24, 2.45) is 5.92 Å². The van der Waals surface area contributed by atoms with E-state index in [4.69, 9.17) is 4.74 Å². The highest BCUT2D eigenvalue weighted by molar-refractivity contribution is 5.95. The van der Waals surface area contributed by atoms with Gasteiger partial charge in [0.2, 0.25) is 0 Å². The molecule has 2 aromatic heterocycles. The van der Waals surface area contributed by atoms with Gasteiger partial charge >= 0.3 is 5.97 Å². The average molecular weight is 273 g/mol. The Morgan fingerprint density at radius 3 is 3.25 bits per heavy atom. The van der Waals surface area contributed by atoms with Crippen molar-refractivity contribution in [2.45, 2.75) is 19.3 Å². The Kier molecular flexibility index (Phi) is 3.69. The van der Waals surface area contributed by atoms with Crippen LogP contribution in [0.2, 0.25) is 0 Å².